The average Bonchev–Trinajstić information content (AvgIpc) is 3.14. The van der Waals surface area contributed by atoms with E-state index in [1.165, 1.54) is 0 Å². The monoisotopic (exact) mass is 480 g/mol. The molecular formula is C27H32N2O6. The maximum absolute atomic E-state index is 14.1. The van der Waals surface area contributed by atoms with Gasteiger partial charge in [0.05, 0.1) is 5.92 Å². The first-order chi connectivity index (χ1) is 17.0. The molecule has 1 aromatic rings. The van der Waals surface area contributed by atoms with Crippen molar-refractivity contribution in [2.24, 2.45) is 11.8 Å². The lowest BCUT2D eigenvalue weighted by molar-refractivity contribution is -0.159. The van der Waals surface area contributed by atoms with Crippen molar-refractivity contribution in [3.05, 3.63) is 60.2 Å². The van der Waals surface area contributed by atoms with Gasteiger partial charge in [-0.3, -0.25) is 14.4 Å². The van der Waals surface area contributed by atoms with Crippen LogP contribution in [0.3, 0.4) is 0 Å². The molecule has 186 valence electrons. The molecule has 4 aliphatic heterocycles. The molecule has 2 saturated heterocycles. The maximum atomic E-state index is 14.1. The van der Waals surface area contributed by atoms with Gasteiger partial charge in [0.2, 0.25) is 11.8 Å². The second-order valence-electron chi connectivity index (χ2n) is 9.72. The number of likely N-dealkylation sites (tertiary alicyclic amines) is 1. The fourth-order valence-corrected chi connectivity index (χ4v) is 6.22. The van der Waals surface area contributed by atoms with Crippen LogP contribution in [0.5, 0.6) is 0 Å². The number of ether oxygens (including phenoxy) is 2. The lowest BCUT2D eigenvalue weighted by Crippen LogP contribution is -2.56. The van der Waals surface area contributed by atoms with E-state index in [9.17, 15) is 19.5 Å². The topological polar surface area (TPSA) is 96.4 Å². The molecule has 4 aliphatic rings. The van der Waals surface area contributed by atoms with Crippen molar-refractivity contribution in [3.63, 3.8) is 0 Å². The quantitative estimate of drug-likeness (QED) is 0.363. The van der Waals surface area contributed by atoms with E-state index in [0.29, 0.717) is 38.9 Å². The molecule has 5 atom stereocenters. The standard InChI is InChI=1S/C27H32N2O6/c1-2-26-12-9-17-34-25(33)21(26)20-23(31)29(15-6-7-16-30)22-24(32)28(14-8-13-27(20,22)35-26)18-19-10-4-3-5-11-19/h3-5,8-13,20-22,30H,2,6-7,14-18H2,1H3/t20-,21-,22?,26+,27-/m0/s1. The Morgan fingerprint density at radius 2 is 1.83 bits per heavy atom. The molecule has 0 aliphatic carbocycles. The summed E-state index contributed by atoms with van der Waals surface area (Å²) in [7, 11) is 0. The average molecular weight is 481 g/mol. The van der Waals surface area contributed by atoms with Crippen LogP contribution in [0.15, 0.2) is 54.6 Å². The summed E-state index contributed by atoms with van der Waals surface area (Å²) in [6, 6.07) is 8.84. The summed E-state index contributed by atoms with van der Waals surface area (Å²) >= 11 is 0. The van der Waals surface area contributed by atoms with Crippen LogP contribution < -0.4 is 0 Å². The third kappa shape index (κ3) is 3.70. The second kappa shape index (κ2) is 9.24. The molecule has 0 radical (unpaired) electrons. The van der Waals surface area contributed by atoms with Crippen molar-refractivity contribution in [3.8, 4) is 0 Å². The minimum atomic E-state index is -1.26. The fraction of sp³-hybridized carbons (Fsp3) is 0.519. The number of benzene rings is 1. The van der Waals surface area contributed by atoms with Gasteiger partial charge in [0.15, 0.2) is 0 Å². The number of fused-ring (bicyclic) bond motifs is 2. The Morgan fingerprint density at radius 3 is 2.57 bits per heavy atom. The van der Waals surface area contributed by atoms with Gasteiger partial charge >= 0.3 is 5.97 Å². The molecule has 0 saturated carbocycles. The highest BCUT2D eigenvalue weighted by molar-refractivity contribution is 5.99. The Balaban J connectivity index is 1.58. The first-order valence-corrected chi connectivity index (χ1v) is 12.4. The summed E-state index contributed by atoms with van der Waals surface area (Å²) in [5.74, 6) is -2.61. The van der Waals surface area contributed by atoms with E-state index in [1.54, 1.807) is 15.9 Å². The minimum absolute atomic E-state index is 0.00441. The minimum Gasteiger partial charge on any atom is -0.461 e. The number of aliphatic hydroxyl groups excluding tert-OH is 1. The van der Waals surface area contributed by atoms with Crippen molar-refractivity contribution in [2.45, 2.75) is 50.0 Å². The van der Waals surface area contributed by atoms with Gasteiger partial charge in [-0.05, 0) is 30.9 Å². The van der Waals surface area contributed by atoms with Gasteiger partial charge in [0.25, 0.3) is 0 Å². The lowest BCUT2D eigenvalue weighted by Gasteiger charge is -2.38. The summed E-state index contributed by atoms with van der Waals surface area (Å²) in [4.78, 5) is 44.6. The van der Waals surface area contributed by atoms with E-state index in [2.05, 4.69) is 0 Å². The van der Waals surface area contributed by atoms with Crippen molar-refractivity contribution in [1.29, 1.82) is 0 Å². The zero-order chi connectivity index (χ0) is 24.6. The zero-order valence-electron chi connectivity index (χ0n) is 20.0. The van der Waals surface area contributed by atoms with E-state index >= 15 is 0 Å². The Morgan fingerprint density at radius 1 is 1.03 bits per heavy atom. The number of hydrogen-bond acceptors (Lipinski definition) is 6. The van der Waals surface area contributed by atoms with Crippen LogP contribution in [0.25, 0.3) is 0 Å². The SMILES string of the molecule is CC[C@@]12C=CCOC(=O)[C@@H]1[C@H]1C(=O)N(CCCCO)C3C(=O)N(Cc4ccccc4)CC=C[C@@]31O2. The third-order valence-corrected chi connectivity index (χ3v) is 7.80. The number of hydrogen-bond donors (Lipinski definition) is 1. The molecule has 1 spiro atoms. The maximum Gasteiger partial charge on any atom is 0.313 e. The molecule has 1 aromatic carbocycles. The molecule has 1 N–H and O–H groups in total. The molecule has 4 heterocycles. The summed E-state index contributed by atoms with van der Waals surface area (Å²) in [5.41, 5.74) is -1.28. The van der Waals surface area contributed by atoms with Crippen LogP contribution >= 0.6 is 0 Å². The van der Waals surface area contributed by atoms with E-state index < -0.39 is 35.0 Å². The Hall–Kier alpha value is -2.97. The number of aliphatic hydroxyl groups is 1. The van der Waals surface area contributed by atoms with Crippen LogP contribution in [0, 0.1) is 11.8 Å². The summed E-state index contributed by atoms with van der Waals surface area (Å²) in [5, 5.41) is 9.30. The highest BCUT2D eigenvalue weighted by atomic mass is 16.6. The first-order valence-electron chi connectivity index (χ1n) is 12.4. The van der Waals surface area contributed by atoms with E-state index in [1.807, 2.05) is 55.5 Å². The predicted molar refractivity (Wildman–Crippen MR) is 127 cm³/mol. The molecular weight excluding hydrogens is 448 g/mol. The van der Waals surface area contributed by atoms with Gasteiger partial charge in [-0.25, -0.2) is 0 Å². The number of nitrogens with zero attached hydrogens (tertiary/aromatic N) is 2. The zero-order valence-corrected chi connectivity index (χ0v) is 20.0. The van der Waals surface area contributed by atoms with Crippen LogP contribution in [0.1, 0.15) is 31.7 Å². The van der Waals surface area contributed by atoms with E-state index in [4.69, 9.17) is 9.47 Å². The number of cyclic esters (lactones) is 1. The van der Waals surface area contributed by atoms with Gasteiger partial charge in [-0.2, -0.15) is 0 Å². The first kappa shape index (κ1) is 23.8. The van der Waals surface area contributed by atoms with Gasteiger partial charge in [-0.1, -0.05) is 55.5 Å². The van der Waals surface area contributed by atoms with Crippen LogP contribution in [0.4, 0.5) is 0 Å². The molecule has 35 heavy (non-hydrogen) atoms. The normalized spacial score (nSPS) is 33.8. The third-order valence-electron chi connectivity index (χ3n) is 7.80. The summed E-state index contributed by atoms with van der Waals surface area (Å²) in [6.45, 7) is 3.16. The fourth-order valence-electron chi connectivity index (χ4n) is 6.22. The van der Waals surface area contributed by atoms with Gasteiger partial charge < -0.3 is 24.4 Å². The molecule has 1 unspecified atom stereocenters. The van der Waals surface area contributed by atoms with Gasteiger partial charge in [0, 0.05) is 26.2 Å². The summed E-state index contributed by atoms with van der Waals surface area (Å²) < 4.78 is 12.2. The Labute approximate surface area is 205 Å². The van der Waals surface area contributed by atoms with Crippen LogP contribution in [-0.4, -0.2) is 76.2 Å². The Kier molecular flexibility index (Phi) is 6.27. The highest BCUT2D eigenvalue weighted by Gasteiger charge is 2.75. The molecule has 0 bridgehead atoms. The Bertz CT molecular complexity index is 1060. The predicted octanol–water partition coefficient (Wildman–Crippen LogP) is 1.83. The number of carbonyl (C=O) groups excluding carboxylic acids is 3. The smallest absolute Gasteiger partial charge is 0.313 e. The molecule has 5 rings (SSSR count). The molecule has 2 amide bonds. The van der Waals surface area contributed by atoms with Crippen LogP contribution in [0.2, 0.25) is 0 Å². The van der Waals surface area contributed by atoms with Crippen molar-refractivity contribution in [2.75, 3.05) is 26.3 Å². The molecule has 8 heteroatoms. The van der Waals surface area contributed by atoms with Gasteiger partial charge in [-0.15, -0.1) is 0 Å². The molecule has 8 nitrogen and oxygen atoms in total. The second-order valence-corrected chi connectivity index (χ2v) is 9.72. The molecule has 0 aromatic heterocycles. The molecule has 2 fully saturated rings. The van der Waals surface area contributed by atoms with Crippen LogP contribution in [-0.2, 0) is 30.4 Å². The highest BCUT2D eigenvalue weighted by Crippen LogP contribution is 2.58. The number of unbranched alkanes of at least 4 members (excludes halogenated alkanes) is 1. The number of carbonyl (C=O) groups is 3. The number of esters is 1. The number of rotatable bonds is 7. The van der Waals surface area contributed by atoms with Crippen molar-refractivity contribution < 1.29 is 29.0 Å². The number of amides is 2. The largest absolute Gasteiger partial charge is 0.461 e. The van der Waals surface area contributed by atoms with Gasteiger partial charge in [0.1, 0.15) is 29.8 Å². The van der Waals surface area contributed by atoms with E-state index in [0.717, 1.165) is 5.56 Å². The lowest BCUT2D eigenvalue weighted by atomic mass is 9.73. The van der Waals surface area contributed by atoms with Crippen molar-refractivity contribution in [1.82, 2.24) is 9.80 Å². The van der Waals surface area contributed by atoms with E-state index in [-0.39, 0.29) is 25.0 Å². The summed E-state index contributed by atoms with van der Waals surface area (Å²) in [6.07, 6.45) is 8.89. The van der Waals surface area contributed by atoms with Crippen molar-refractivity contribution >= 4 is 17.8 Å².